The molecule has 1 amide bonds. The summed E-state index contributed by atoms with van der Waals surface area (Å²) in [6.45, 7) is 1.57. The lowest BCUT2D eigenvalue weighted by Gasteiger charge is -2.20. The van der Waals surface area contributed by atoms with Crippen molar-refractivity contribution in [3.05, 3.63) is 24.3 Å². The second-order valence-electron chi connectivity index (χ2n) is 6.65. The number of likely N-dealkylation sites (tertiary alicyclic amines) is 1. The van der Waals surface area contributed by atoms with E-state index in [0.29, 0.717) is 31.7 Å². The van der Waals surface area contributed by atoms with Crippen LogP contribution in [0.3, 0.4) is 0 Å². The van der Waals surface area contributed by atoms with Crippen molar-refractivity contribution in [1.29, 1.82) is 0 Å². The van der Waals surface area contributed by atoms with Gasteiger partial charge >= 0.3 is 5.97 Å². The van der Waals surface area contributed by atoms with Gasteiger partial charge in [0.25, 0.3) is 0 Å². The third-order valence-electron chi connectivity index (χ3n) is 4.82. The van der Waals surface area contributed by atoms with Crippen LogP contribution in [0.15, 0.2) is 29.2 Å². The van der Waals surface area contributed by atoms with Crippen LogP contribution in [0.25, 0.3) is 0 Å². The average Bonchev–Trinajstić information content (AvgIpc) is 3.26. The molecule has 8 nitrogen and oxygen atoms in total. The second-order valence-corrected chi connectivity index (χ2v) is 8.59. The number of carboxylic acid groups (broad SMARTS) is 1. The number of nitrogens with one attached hydrogen (secondary N) is 1. The molecule has 0 aliphatic carbocycles. The van der Waals surface area contributed by atoms with E-state index in [2.05, 4.69) is 5.32 Å². The minimum Gasteiger partial charge on any atom is -0.480 e. The molecule has 0 bridgehead atoms. The lowest BCUT2D eigenvalue weighted by molar-refractivity contribution is -0.142. The van der Waals surface area contributed by atoms with Gasteiger partial charge in [-0.1, -0.05) is 6.07 Å². The Hall–Kier alpha value is -1.97. The molecule has 0 saturated carbocycles. The van der Waals surface area contributed by atoms with Crippen LogP contribution in [-0.2, 0) is 19.6 Å². The van der Waals surface area contributed by atoms with Crippen LogP contribution < -0.4 is 5.32 Å². The van der Waals surface area contributed by atoms with Crippen LogP contribution in [0.2, 0.25) is 0 Å². The van der Waals surface area contributed by atoms with Gasteiger partial charge in [0, 0.05) is 18.8 Å². The van der Waals surface area contributed by atoms with Crippen molar-refractivity contribution in [3.63, 3.8) is 0 Å². The van der Waals surface area contributed by atoms with Gasteiger partial charge in [-0.15, -0.1) is 0 Å². The largest absolute Gasteiger partial charge is 0.480 e. The van der Waals surface area contributed by atoms with E-state index in [1.54, 1.807) is 17.0 Å². The van der Waals surface area contributed by atoms with Gasteiger partial charge in [-0.05, 0) is 50.4 Å². The molecule has 3 rings (SSSR count). The molecule has 2 saturated heterocycles. The molecule has 0 radical (unpaired) electrons. The van der Waals surface area contributed by atoms with Gasteiger partial charge in [-0.2, -0.15) is 4.31 Å². The van der Waals surface area contributed by atoms with Gasteiger partial charge in [-0.3, -0.25) is 14.5 Å². The van der Waals surface area contributed by atoms with E-state index in [0.717, 1.165) is 19.3 Å². The van der Waals surface area contributed by atoms with Gasteiger partial charge in [-0.25, -0.2) is 8.42 Å². The number of rotatable bonds is 6. The summed E-state index contributed by atoms with van der Waals surface area (Å²) in [6.07, 6.45) is 2.99. The maximum absolute atomic E-state index is 12.6. The molecular formula is C17H23N3O5S. The highest BCUT2D eigenvalue weighted by Crippen LogP contribution is 2.23. The highest BCUT2D eigenvalue weighted by atomic mass is 32.2. The third-order valence-corrected chi connectivity index (χ3v) is 6.71. The van der Waals surface area contributed by atoms with Crippen molar-refractivity contribution < 1.29 is 23.1 Å². The Kier molecular flexibility index (Phi) is 5.59. The standard InChI is InChI=1S/C17H23N3O5S/c21-16(12-19-8-4-7-15(19)17(22)23)18-13-5-3-6-14(11-13)26(24,25)20-9-1-2-10-20/h3,5-6,11,15H,1-2,4,7-10,12H2,(H,18,21)(H,22,23). The van der Waals surface area contributed by atoms with Crippen molar-refractivity contribution in [2.75, 3.05) is 31.5 Å². The van der Waals surface area contributed by atoms with E-state index in [1.807, 2.05) is 0 Å². The van der Waals surface area contributed by atoms with Crippen LogP contribution in [-0.4, -0.2) is 66.8 Å². The number of hydrogen-bond donors (Lipinski definition) is 2. The summed E-state index contributed by atoms with van der Waals surface area (Å²) in [4.78, 5) is 25.2. The second kappa shape index (κ2) is 7.73. The van der Waals surface area contributed by atoms with Crippen molar-refractivity contribution in [2.24, 2.45) is 0 Å². The van der Waals surface area contributed by atoms with Crippen LogP contribution in [0, 0.1) is 0 Å². The van der Waals surface area contributed by atoms with Crippen molar-refractivity contribution in [2.45, 2.75) is 36.6 Å². The van der Waals surface area contributed by atoms with Crippen LogP contribution in [0.1, 0.15) is 25.7 Å². The normalized spacial score (nSPS) is 21.8. The topological polar surface area (TPSA) is 107 Å². The summed E-state index contributed by atoms with van der Waals surface area (Å²) in [6, 6.07) is 5.55. The molecule has 1 aromatic rings. The molecule has 2 aliphatic rings. The van der Waals surface area contributed by atoms with Crippen molar-refractivity contribution in [3.8, 4) is 0 Å². The third kappa shape index (κ3) is 4.05. The SMILES string of the molecule is O=C(CN1CCCC1C(=O)O)Nc1cccc(S(=O)(=O)N2CCCC2)c1. The van der Waals surface area contributed by atoms with Gasteiger partial charge in [0.05, 0.1) is 11.4 Å². The number of benzene rings is 1. The first-order valence-electron chi connectivity index (χ1n) is 8.75. The van der Waals surface area contributed by atoms with Crippen LogP contribution in [0.4, 0.5) is 5.69 Å². The summed E-state index contributed by atoms with van der Waals surface area (Å²) in [5.41, 5.74) is 0.390. The molecule has 2 aliphatic heterocycles. The zero-order valence-corrected chi connectivity index (χ0v) is 15.2. The fourth-order valence-corrected chi connectivity index (χ4v) is 5.06. The van der Waals surface area contributed by atoms with E-state index in [-0.39, 0.29) is 17.3 Å². The fourth-order valence-electron chi connectivity index (χ4n) is 3.49. The Morgan fingerprint density at radius 3 is 2.58 bits per heavy atom. The number of carboxylic acids is 1. The smallest absolute Gasteiger partial charge is 0.320 e. The number of carbonyl (C=O) groups excluding carboxylic acids is 1. The summed E-state index contributed by atoms with van der Waals surface area (Å²) >= 11 is 0. The molecule has 2 N–H and O–H groups in total. The van der Waals surface area contributed by atoms with E-state index in [1.165, 1.54) is 16.4 Å². The number of anilines is 1. The number of amides is 1. The highest BCUT2D eigenvalue weighted by molar-refractivity contribution is 7.89. The quantitative estimate of drug-likeness (QED) is 0.760. The number of hydrogen-bond acceptors (Lipinski definition) is 5. The lowest BCUT2D eigenvalue weighted by atomic mass is 10.2. The Bertz CT molecular complexity index is 789. The van der Waals surface area contributed by atoms with Crippen LogP contribution in [0.5, 0.6) is 0 Å². The number of sulfonamides is 1. The first-order valence-corrected chi connectivity index (χ1v) is 10.2. The van der Waals surface area contributed by atoms with Gasteiger partial charge in [0.15, 0.2) is 0 Å². The molecule has 9 heteroatoms. The fraction of sp³-hybridized carbons (Fsp3) is 0.529. The van der Waals surface area contributed by atoms with E-state index >= 15 is 0 Å². The zero-order chi connectivity index (χ0) is 18.7. The Balaban J connectivity index is 1.67. The summed E-state index contributed by atoms with van der Waals surface area (Å²) in [5.74, 6) is -1.28. The van der Waals surface area contributed by atoms with E-state index < -0.39 is 22.0 Å². The molecule has 1 aromatic carbocycles. The van der Waals surface area contributed by atoms with E-state index in [4.69, 9.17) is 0 Å². The maximum atomic E-state index is 12.6. The molecule has 26 heavy (non-hydrogen) atoms. The average molecular weight is 381 g/mol. The molecule has 0 aromatic heterocycles. The Morgan fingerprint density at radius 2 is 1.88 bits per heavy atom. The van der Waals surface area contributed by atoms with E-state index in [9.17, 15) is 23.1 Å². The Labute approximate surface area is 152 Å². The number of aliphatic carboxylic acids is 1. The minimum absolute atomic E-state index is 0.0277. The van der Waals surface area contributed by atoms with Gasteiger partial charge in [0.1, 0.15) is 6.04 Å². The summed E-state index contributed by atoms with van der Waals surface area (Å²) in [5, 5.41) is 11.8. The molecule has 1 atom stereocenters. The van der Waals surface area contributed by atoms with Gasteiger partial charge < -0.3 is 10.4 Å². The van der Waals surface area contributed by atoms with Gasteiger partial charge in [0.2, 0.25) is 15.9 Å². The first kappa shape index (κ1) is 18.8. The molecule has 0 spiro atoms. The summed E-state index contributed by atoms with van der Waals surface area (Å²) < 4.78 is 26.7. The highest BCUT2D eigenvalue weighted by Gasteiger charge is 2.32. The molecule has 2 heterocycles. The Morgan fingerprint density at radius 1 is 1.15 bits per heavy atom. The molecular weight excluding hydrogens is 358 g/mol. The maximum Gasteiger partial charge on any atom is 0.320 e. The monoisotopic (exact) mass is 381 g/mol. The molecule has 142 valence electrons. The minimum atomic E-state index is -3.55. The van der Waals surface area contributed by atoms with Crippen LogP contribution >= 0.6 is 0 Å². The number of carbonyl (C=O) groups is 2. The van der Waals surface area contributed by atoms with Crippen molar-refractivity contribution >= 4 is 27.6 Å². The van der Waals surface area contributed by atoms with Crippen molar-refractivity contribution in [1.82, 2.24) is 9.21 Å². The predicted molar refractivity (Wildman–Crippen MR) is 95.3 cm³/mol. The molecule has 1 unspecified atom stereocenters. The summed E-state index contributed by atoms with van der Waals surface area (Å²) in [7, 11) is -3.55. The number of nitrogens with zero attached hydrogens (tertiary/aromatic N) is 2. The predicted octanol–water partition coefficient (Wildman–Crippen LogP) is 0.959. The zero-order valence-electron chi connectivity index (χ0n) is 14.4. The first-order chi connectivity index (χ1) is 12.4. The lowest BCUT2D eigenvalue weighted by Crippen LogP contribution is -2.40. The molecule has 2 fully saturated rings.